The van der Waals surface area contributed by atoms with Crippen LogP contribution in [0.2, 0.25) is 0 Å². The third-order valence-corrected chi connectivity index (χ3v) is 10.3. The summed E-state index contributed by atoms with van der Waals surface area (Å²) in [6, 6.07) is 24.9. The Kier molecular flexibility index (Phi) is 10.5. The number of aliphatic hydroxyl groups is 2. The number of rotatable bonds is 12. The van der Waals surface area contributed by atoms with Crippen molar-refractivity contribution in [3.05, 3.63) is 96.4 Å². The number of carbonyl (C=O) groups is 1. The first-order valence-corrected chi connectivity index (χ1v) is 18.6. The second kappa shape index (κ2) is 15.9. The van der Waals surface area contributed by atoms with E-state index >= 15 is 0 Å². The van der Waals surface area contributed by atoms with Gasteiger partial charge in [0.25, 0.3) is 5.91 Å². The molecule has 0 saturated carbocycles. The van der Waals surface area contributed by atoms with Gasteiger partial charge in [-0.3, -0.25) is 9.36 Å². The van der Waals surface area contributed by atoms with Crippen LogP contribution in [0.25, 0.3) is 11.2 Å². The monoisotopic (exact) mass is 734 g/mol. The quantitative estimate of drug-likeness (QED) is 0.127. The van der Waals surface area contributed by atoms with Crippen molar-refractivity contribution in [3.63, 3.8) is 0 Å². The summed E-state index contributed by atoms with van der Waals surface area (Å²) in [6.07, 6.45) is -0.932. The van der Waals surface area contributed by atoms with Gasteiger partial charge in [0.1, 0.15) is 18.0 Å². The molecular formula is C39H46N10O5. The first kappa shape index (κ1) is 35.7. The van der Waals surface area contributed by atoms with Crippen molar-refractivity contribution in [1.29, 1.82) is 0 Å². The fourth-order valence-corrected chi connectivity index (χ4v) is 7.48. The molecule has 6 heterocycles. The fourth-order valence-electron chi connectivity index (χ4n) is 7.48. The molecule has 0 bridgehead atoms. The lowest BCUT2D eigenvalue weighted by Gasteiger charge is -2.28. The summed E-state index contributed by atoms with van der Waals surface area (Å²) >= 11 is 0. The molecule has 15 heteroatoms. The Morgan fingerprint density at radius 1 is 0.907 bits per heavy atom. The van der Waals surface area contributed by atoms with E-state index in [1.165, 1.54) is 6.33 Å². The molecule has 3 aliphatic heterocycles. The molecule has 0 spiro atoms. The van der Waals surface area contributed by atoms with Gasteiger partial charge in [-0.15, -0.1) is 0 Å². The molecular weight excluding hydrogens is 688 g/mol. The number of likely N-dealkylation sites (N-methyl/N-ethyl adjacent to an activating group) is 1. The van der Waals surface area contributed by atoms with E-state index in [1.54, 1.807) is 11.5 Å². The van der Waals surface area contributed by atoms with Crippen LogP contribution in [0.4, 0.5) is 23.3 Å². The Morgan fingerprint density at radius 3 is 2.33 bits per heavy atom. The second-order valence-electron chi connectivity index (χ2n) is 13.9. The zero-order valence-corrected chi connectivity index (χ0v) is 30.2. The predicted octanol–water partition coefficient (Wildman–Crippen LogP) is 2.75. The van der Waals surface area contributed by atoms with Crippen molar-refractivity contribution >= 4 is 40.3 Å². The minimum Gasteiger partial charge on any atom is -0.387 e. The number of carbonyl (C=O) groups excluding carboxylic acids is 1. The van der Waals surface area contributed by atoms with Crippen LogP contribution < -0.4 is 25.8 Å². The molecule has 54 heavy (non-hydrogen) atoms. The third kappa shape index (κ3) is 7.40. The van der Waals surface area contributed by atoms with Gasteiger partial charge in [-0.2, -0.15) is 9.97 Å². The number of aromatic nitrogens is 5. The number of nitrogens with one attached hydrogen (secondary N) is 3. The van der Waals surface area contributed by atoms with Crippen molar-refractivity contribution in [2.24, 2.45) is 0 Å². The van der Waals surface area contributed by atoms with Gasteiger partial charge >= 0.3 is 0 Å². The number of hydrogen-bond acceptors (Lipinski definition) is 13. The summed E-state index contributed by atoms with van der Waals surface area (Å²) in [5, 5.41) is 31.9. The van der Waals surface area contributed by atoms with E-state index < -0.39 is 30.4 Å². The highest BCUT2D eigenvalue weighted by molar-refractivity contribution is 5.85. The number of hydrogen-bond donors (Lipinski definition) is 5. The molecule has 3 aromatic heterocycles. The van der Waals surface area contributed by atoms with Crippen LogP contribution in [-0.4, -0.2) is 117 Å². The van der Waals surface area contributed by atoms with Crippen molar-refractivity contribution in [3.8, 4) is 0 Å². The van der Waals surface area contributed by atoms with E-state index in [0.717, 1.165) is 42.1 Å². The maximum atomic E-state index is 12.7. The average Bonchev–Trinajstić information content (AvgIpc) is 3.94. The normalized spacial score (nSPS) is 22.9. The number of nitrogens with zero attached hydrogens (tertiary/aromatic N) is 7. The number of anilines is 4. The number of pyridine rings is 1. The molecule has 5 aromatic rings. The molecule has 5 atom stereocenters. The fraction of sp³-hybridized carbons (Fsp3) is 0.410. The molecule has 3 saturated heterocycles. The van der Waals surface area contributed by atoms with E-state index in [0.29, 0.717) is 62.3 Å². The summed E-state index contributed by atoms with van der Waals surface area (Å²) in [6.45, 7) is 7.08. The van der Waals surface area contributed by atoms with Crippen LogP contribution in [0.1, 0.15) is 36.6 Å². The lowest BCUT2D eigenvalue weighted by atomic mass is 9.91. The minimum absolute atomic E-state index is 0.0135. The topological polar surface area (TPSA) is 175 Å². The lowest BCUT2D eigenvalue weighted by molar-refractivity contribution is -0.137. The van der Waals surface area contributed by atoms with Gasteiger partial charge in [0.05, 0.1) is 31.4 Å². The number of amides is 1. The molecule has 8 rings (SSSR count). The van der Waals surface area contributed by atoms with Gasteiger partial charge in [-0.05, 0) is 36.6 Å². The molecule has 3 fully saturated rings. The van der Waals surface area contributed by atoms with E-state index in [9.17, 15) is 15.0 Å². The Morgan fingerprint density at radius 2 is 1.65 bits per heavy atom. The van der Waals surface area contributed by atoms with E-state index in [-0.39, 0.29) is 12.0 Å². The molecule has 15 nitrogen and oxygen atoms in total. The van der Waals surface area contributed by atoms with Crippen molar-refractivity contribution in [1.82, 2.24) is 29.8 Å². The van der Waals surface area contributed by atoms with E-state index in [4.69, 9.17) is 24.4 Å². The highest BCUT2D eigenvalue weighted by atomic mass is 16.6. The summed E-state index contributed by atoms with van der Waals surface area (Å²) in [5.41, 5.74) is 4.13. The largest absolute Gasteiger partial charge is 0.387 e. The van der Waals surface area contributed by atoms with Gasteiger partial charge in [0.15, 0.2) is 29.3 Å². The van der Waals surface area contributed by atoms with Crippen molar-refractivity contribution in [2.45, 2.75) is 49.8 Å². The summed E-state index contributed by atoms with van der Waals surface area (Å²) < 4.78 is 13.1. The van der Waals surface area contributed by atoms with E-state index in [1.807, 2.05) is 48.7 Å². The molecule has 0 unspecified atom stereocenters. The van der Waals surface area contributed by atoms with Crippen LogP contribution in [-0.2, 0) is 14.3 Å². The van der Waals surface area contributed by atoms with Gasteiger partial charge in [-0.25, -0.2) is 9.97 Å². The highest BCUT2D eigenvalue weighted by Crippen LogP contribution is 2.35. The van der Waals surface area contributed by atoms with Crippen LogP contribution in [0.15, 0.2) is 85.3 Å². The van der Waals surface area contributed by atoms with Gasteiger partial charge < -0.3 is 45.4 Å². The summed E-state index contributed by atoms with van der Waals surface area (Å²) in [5.74, 6) is 1.47. The third-order valence-electron chi connectivity index (χ3n) is 10.3. The first-order valence-electron chi connectivity index (χ1n) is 18.6. The highest BCUT2D eigenvalue weighted by Gasteiger charge is 2.47. The molecule has 2 aromatic carbocycles. The average molecular weight is 735 g/mol. The zero-order chi connectivity index (χ0) is 37.0. The number of aliphatic hydroxyl groups excluding tert-OH is 2. The van der Waals surface area contributed by atoms with Crippen LogP contribution in [0.3, 0.4) is 0 Å². The maximum Gasteiger partial charge on any atom is 0.252 e. The number of benzene rings is 2. The standard InChI is InChI=1S/C39H46N10O5/c1-2-40-37(52)34-32(50)33(51)38(54-34)49-24-43-31-35(42-22-29(25-9-5-3-6-10-25)26-11-7-4-8-12-26)45-39(46-36(31)49)48-16-15-28(23-48)44-27-13-14-30(41-21-27)47-17-19-53-20-18-47/h3-14,21,24,28-29,32-34,38,44,50-51H,2,15-20,22-23H2,1H3,(H,40,52)(H,42,45,46)/t28-,32+,33-,34+,38-/m1/s1. The second-order valence-corrected chi connectivity index (χ2v) is 13.9. The number of ether oxygens (including phenoxy) is 2. The lowest BCUT2D eigenvalue weighted by Crippen LogP contribution is -2.42. The van der Waals surface area contributed by atoms with Gasteiger partial charge in [0.2, 0.25) is 5.95 Å². The number of fused-ring (bicyclic) bond motifs is 1. The Labute approximate surface area is 313 Å². The predicted molar refractivity (Wildman–Crippen MR) is 205 cm³/mol. The number of imidazole rings is 1. The minimum atomic E-state index is -1.43. The van der Waals surface area contributed by atoms with Crippen molar-refractivity contribution < 1.29 is 24.5 Å². The van der Waals surface area contributed by atoms with Crippen LogP contribution in [0, 0.1) is 0 Å². The number of morpholine rings is 1. The zero-order valence-electron chi connectivity index (χ0n) is 30.2. The molecule has 3 aliphatic rings. The van der Waals surface area contributed by atoms with Gasteiger partial charge in [-0.1, -0.05) is 60.7 Å². The Balaban J connectivity index is 1.08. The van der Waals surface area contributed by atoms with E-state index in [2.05, 4.69) is 61.1 Å². The molecule has 282 valence electrons. The Bertz CT molecular complexity index is 1970. The van der Waals surface area contributed by atoms with Crippen LogP contribution >= 0.6 is 0 Å². The first-order chi connectivity index (χ1) is 26.5. The summed E-state index contributed by atoms with van der Waals surface area (Å²) in [7, 11) is 0. The summed E-state index contributed by atoms with van der Waals surface area (Å²) in [4.78, 5) is 36.5. The molecule has 0 aliphatic carbocycles. The SMILES string of the molecule is CCNC(=O)[C@H]1O[C@@H](n2cnc3c(NCC(c4ccccc4)c4ccccc4)nc(N4CC[C@@H](Nc5ccc(N6CCOCC6)nc5)C4)nc32)[C@H](O)[C@@H]1O. The molecule has 1 amide bonds. The molecule has 5 N–H and O–H groups in total. The smallest absolute Gasteiger partial charge is 0.252 e. The van der Waals surface area contributed by atoms with Gasteiger partial charge in [0, 0.05) is 51.2 Å². The van der Waals surface area contributed by atoms with Crippen molar-refractivity contribution in [2.75, 3.05) is 72.9 Å². The molecule has 0 radical (unpaired) electrons. The maximum absolute atomic E-state index is 12.7. The Hall–Kier alpha value is -5.35. The van der Waals surface area contributed by atoms with Crippen LogP contribution in [0.5, 0.6) is 0 Å².